The van der Waals surface area contributed by atoms with Crippen molar-refractivity contribution in [3.63, 3.8) is 0 Å². The maximum atomic E-state index is 12.1. The quantitative estimate of drug-likeness (QED) is 0.804. The lowest BCUT2D eigenvalue weighted by Crippen LogP contribution is -2.23. The first-order valence-electron chi connectivity index (χ1n) is 6.97. The maximum Gasteiger partial charge on any atom is 0.253 e. The fourth-order valence-electron chi connectivity index (χ4n) is 1.88. The number of halogens is 2. The monoisotopic (exact) mass is 390 g/mol. The Balaban J connectivity index is 1.95. The molecule has 5 heteroatoms. The molecule has 0 radical (unpaired) electrons. The molecule has 3 nitrogen and oxygen atoms in total. The zero-order valence-corrected chi connectivity index (χ0v) is 15.2. The predicted molar refractivity (Wildman–Crippen MR) is 99.1 cm³/mol. The Hall–Kier alpha value is -1.96. The minimum absolute atomic E-state index is 0.242. The minimum atomic E-state index is -0.242. The van der Waals surface area contributed by atoms with Gasteiger partial charge in [0, 0.05) is 29.8 Å². The van der Waals surface area contributed by atoms with E-state index in [1.807, 2.05) is 43.3 Å². The molecule has 0 saturated heterocycles. The Kier molecular flexibility index (Phi) is 6.09. The molecule has 0 aliphatic rings. The zero-order chi connectivity index (χ0) is 16.8. The third-order valence-electron chi connectivity index (χ3n) is 3.13. The van der Waals surface area contributed by atoms with E-state index in [1.54, 1.807) is 18.2 Å². The molecule has 0 aliphatic carbocycles. The van der Waals surface area contributed by atoms with Crippen LogP contribution in [0.1, 0.15) is 15.9 Å². The summed E-state index contributed by atoms with van der Waals surface area (Å²) < 4.78 is 0.805. The molecule has 0 spiro atoms. The summed E-state index contributed by atoms with van der Waals surface area (Å²) in [5, 5.41) is 3.16. The number of nitrogens with one attached hydrogen (secondary N) is 1. The lowest BCUT2D eigenvalue weighted by Gasteiger charge is -2.11. The van der Waals surface area contributed by atoms with Gasteiger partial charge in [0.1, 0.15) is 0 Å². The summed E-state index contributed by atoms with van der Waals surface area (Å²) in [4.78, 5) is 14.1. The van der Waals surface area contributed by atoms with Crippen molar-refractivity contribution in [2.45, 2.75) is 0 Å². The van der Waals surface area contributed by atoms with Gasteiger partial charge in [0.2, 0.25) is 0 Å². The molecule has 0 unspecified atom stereocenters. The van der Waals surface area contributed by atoms with Gasteiger partial charge in [-0.2, -0.15) is 0 Å². The van der Waals surface area contributed by atoms with Gasteiger partial charge in [0.25, 0.3) is 5.91 Å². The number of nitrogens with zero attached hydrogens (tertiary/aromatic N) is 1. The Morgan fingerprint density at radius 3 is 2.57 bits per heavy atom. The maximum absolute atomic E-state index is 12.1. The normalized spacial score (nSPS) is 9.74. The van der Waals surface area contributed by atoms with Crippen LogP contribution in [-0.2, 0) is 0 Å². The molecule has 23 heavy (non-hydrogen) atoms. The van der Waals surface area contributed by atoms with Crippen LogP contribution in [-0.4, -0.2) is 26.5 Å². The van der Waals surface area contributed by atoms with Gasteiger partial charge in [-0.3, -0.25) is 4.79 Å². The molecule has 1 N–H and O–H groups in total. The van der Waals surface area contributed by atoms with E-state index in [-0.39, 0.29) is 12.5 Å². The van der Waals surface area contributed by atoms with Crippen molar-refractivity contribution in [2.75, 3.05) is 25.5 Å². The van der Waals surface area contributed by atoms with E-state index in [0.717, 1.165) is 15.7 Å². The third-order valence-corrected chi connectivity index (χ3v) is 3.95. The first-order chi connectivity index (χ1) is 11.0. The molecular formula is C18H16BrClN2O. The molecule has 118 valence electrons. The SMILES string of the molecule is CN(C)c1ccc(C#CCNC(=O)c2cc(Br)ccc2Cl)cc1. The molecule has 0 aromatic heterocycles. The van der Waals surface area contributed by atoms with E-state index in [2.05, 4.69) is 33.1 Å². The number of benzene rings is 2. The number of carbonyl (C=O) groups excluding carboxylic acids is 1. The van der Waals surface area contributed by atoms with Crippen LogP contribution in [0.5, 0.6) is 0 Å². The van der Waals surface area contributed by atoms with Crippen LogP contribution in [0.4, 0.5) is 5.69 Å². The Labute approximate surface area is 149 Å². The number of carbonyl (C=O) groups is 1. The summed E-state index contributed by atoms with van der Waals surface area (Å²) in [6.45, 7) is 0.261. The smallest absolute Gasteiger partial charge is 0.253 e. The Morgan fingerprint density at radius 1 is 1.22 bits per heavy atom. The lowest BCUT2D eigenvalue weighted by molar-refractivity contribution is 0.0959. The fourth-order valence-corrected chi connectivity index (χ4v) is 2.44. The molecule has 0 saturated carbocycles. The van der Waals surface area contributed by atoms with Crippen LogP contribution in [0.3, 0.4) is 0 Å². The summed E-state index contributed by atoms with van der Waals surface area (Å²) in [7, 11) is 3.98. The average molecular weight is 392 g/mol. The second-order valence-electron chi connectivity index (χ2n) is 5.05. The lowest BCUT2D eigenvalue weighted by atomic mass is 10.2. The zero-order valence-electron chi connectivity index (χ0n) is 12.9. The van der Waals surface area contributed by atoms with Gasteiger partial charge in [-0.15, -0.1) is 0 Å². The van der Waals surface area contributed by atoms with E-state index < -0.39 is 0 Å². The third kappa shape index (κ3) is 5.02. The van der Waals surface area contributed by atoms with Gasteiger partial charge < -0.3 is 10.2 Å². The van der Waals surface area contributed by atoms with Crippen LogP contribution >= 0.6 is 27.5 Å². The molecule has 0 aliphatic heterocycles. The summed E-state index contributed by atoms with van der Waals surface area (Å²) in [5.41, 5.74) is 2.46. The van der Waals surface area contributed by atoms with Crippen LogP contribution in [0.2, 0.25) is 5.02 Å². The highest BCUT2D eigenvalue weighted by atomic mass is 79.9. The number of anilines is 1. The molecule has 2 aromatic rings. The van der Waals surface area contributed by atoms with Gasteiger partial charge in [-0.25, -0.2) is 0 Å². The van der Waals surface area contributed by atoms with Gasteiger partial charge >= 0.3 is 0 Å². The Bertz CT molecular complexity index is 761. The van der Waals surface area contributed by atoms with Gasteiger partial charge in [-0.05, 0) is 42.5 Å². The largest absolute Gasteiger partial charge is 0.378 e. The fraction of sp³-hybridized carbons (Fsp3) is 0.167. The molecule has 1 amide bonds. The number of amides is 1. The van der Waals surface area contributed by atoms with Crippen molar-refractivity contribution in [3.05, 3.63) is 63.1 Å². The summed E-state index contributed by atoms with van der Waals surface area (Å²) in [6, 6.07) is 13.1. The van der Waals surface area contributed by atoms with Crippen LogP contribution in [0.15, 0.2) is 46.9 Å². The number of hydrogen-bond donors (Lipinski definition) is 1. The molecule has 0 atom stereocenters. The second-order valence-corrected chi connectivity index (χ2v) is 6.37. The van der Waals surface area contributed by atoms with Crippen molar-refractivity contribution in [3.8, 4) is 11.8 Å². The first-order valence-corrected chi connectivity index (χ1v) is 8.14. The van der Waals surface area contributed by atoms with E-state index in [9.17, 15) is 4.79 Å². The van der Waals surface area contributed by atoms with Crippen molar-refractivity contribution in [2.24, 2.45) is 0 Å². The summed E-state index contributed by atoms with van der Waals surface area (Å²) >= 11 is 9.34. The minimum Gasteiger partial charge on any atom is -0.378 e. The summed E-state index contributed by atoms with van der Waals surface area (Å²) in [5.74, 6) is 5.71. The standard InChI is InChI=1S/C18H16BrClN2O/c1-22(2)15-8-5-13(6-9-15)4-3-11-21-18(23)16-12-14(19)7-10-17(16)20/h5-10,12H,11H2,1-2H3,(H,21,23). The molecule has 0 fully saturated rings. The molecule has 2 aromatic carbocycles. The van der Waals surface area contributed by atoms with E-state index in [4.69, 9.17) is 11.6 Å². The predicted octanol–water partition coefficient (Wildman–Crippen LogP) is 3.95. The van der Waals surface area contributed by atoms with Gasteiger partial charge in [-0.1, -0.05) is 39.4 Å². The van der Waals surface area contributed by atoms with E-state index in [1.165, 1.54) is 0 Å². The highest BCUT2D eigenvalue weighted by Crippen LogP contribution is 2.20. The number of hydrogen-bond acceptors (Lipinski definition) is 2. The van der Waals surface area contributed by atoms with E-state index >= 15 is 0 Å². The second kappa shape index (κ2) is 8.05. The molecular weight excluding hydrogens is 376 g/mol. The van der Waals surface area contributed by atoms with Crippen LogP contribution < -0.4 is 10.2 Å². The highest BCUT2D eigenvalue weighted by molar-refractivity contribution is 9.10. The van der Waals surface area contributed by atoms with Crippen molar-refractivity contribution in [1.82, 2.24) is 5.32 Å². The molecule has 0 bridgehead atoms. The molecule has 2 rings (SSSR count). The number of rotatable bonds is 3. The van der Waals surface area contributed by atoms with Crippen LogP contribution in [0, 0.1) is 11.8 Å². The van der Waals surface area contributed by atoms with Crippen LogP contribution in [0.25, 0.3) is 0 Å². The first kappa shape index (κ1) is 17.4. The molecule has 0 heterocycles. The Morgan fingerprint density at radius 2 is 1.91 bits per heavy atom. The topological polar surface area (TPSA) is 32.3 Å². The van der Waals surface area contributed by atoms with Gasteiger partial charge in [0.15, 0.2) is 0 Å². The van der Waals surface area contributed by atoms with Crippen molar-refractivity contribution >= 4 is 39.1 Å². The highest BCUT2D eigenvalue weighted by Gasteiger charge is 2.09. The van der Waals surface area contributed by atoms with Crippen molar-refractivity contribution in [1.29, 1.82) is 0 Å². The van der Waals surface area contributed by atoms with E-state index in [0.29, 0.717) is 10.6 Å². The van der Waals surface area contributed by atoms with Crippen molar-refractivity contribution < 1.29 is 4.79 Å². The van der Waals surface area contributed by atoms with Gasteiger partial charge in [0.05, 0.1) is 17.1 Å². The average Bonchev–Trinajstić information content (AvgIpc) is 2.54. The summed E-state index contributed by atoms with van der Waals surface area (Å²) in [6.07, 6.45) is 0.